The summed E-state index contributed by atoms with van der Waals surface area (Å²) in [5.74, 6) is 1.89. The van der Waals surface area contributed by atoms with Gasteiger partial charge in [-0.05, 0) is 50.5 Å². The minimum absolute atomic E-state index is 0.614. The van der Waals surface area contributed by atoms with E-state index >= 15 is 0 Å². The first-order valence-electron chi connectivity index (χ1n) is 14.4. The highest BCUT2D eigenvalue weighted by Gasteiger charge is 2.20. The molecule has 0 aliphatic carbocycles. The van der Waals surface area contributed by atoms with E-state index in [4.69, 9.17) is 19.4 Å². The number of fused-ring (bicyclic) bond motifs is 7. The molecule has 0 aliphatic rings. The van der Waals surface area contributed by atoms with Gasteiger partial charge in [0.25, 0.3) is 0 Å². The van der Waals surface area contributed by atoms with E-state index in [0.29, 0.717) is 17.5 Å². The molecule has 0 fully saturated rings. The van der Waals surface area contributed by atoms with Crippen LogP contribution in [0.4, 0.5) is 0 Å². The molecule has 9 rings (SSSR count). The van der Waals surface area contributed by atoms with E-state index in [2.05, 4.69) is 78.9 Å². The zero-order chi connectivity index (χ0) is 28.3. The molecule has 2 heterocycles. The molecule has 200 valence electrons. The van der Waals surface area contributed by atoms with Crippen LogP contribution in [0.3, 0.4) is 0 Å². The summed E-state index contributed by atoms with van der Waals surface area (Å²) in [6.45, 7) is 0. The van der Waals surface area contributed by atoms with Crippen LogP contribution >= 0.6 is 0 Å². The third-order valence-corrected chi connectivity index (χ3v) is 8.30. The molecule has 9 aromatic rings. The van der Waals surface area contributed by atoms with Crippen molar-refractivity contribution >= 4 is 54.3 Å². The van der Waals surface area contributed by atoms with Gasteiger partial charge >= 0.3 is 0 Å². The molecule has 0 radical (unpaired) electrons. The topological polar surface area (TPSA) is 51.8 Å². The number of para-hydroxylation sites is 1. The minimum atomic E-state index is 0.614. The maximum Gasteiger partial charge on any atom is 0.165 e. The summed E-state index contributed by atoms with van der Waals surface area (Å²) in [6.07, 6.45) is 0. The minimum Gasteiger partial charge on any atom is -0.456 e. The van der Waals surface area contributed by atoms with Gasteiger partial charge in [0.15, 0.2) is 17.5 Å². The van der Waals surface area contributed by atoms with Crippen LogP contribution in [-0.4, -0.2) is 15.0 Å². The second-order valence-electron chi connectivity index (χ2n) is 10.8. The Morgan fingerprint density at radius 2 is 1.07 bits per heavy atom. The Morgan fingerprint density at radius 3 is 1.95 bits per heavy atom. The molecule has 2 aromatic heterocycles. The molecule has 0 saturated carbocycles. The molecule has 0 amide bonds. The summed E-state index contributed by atoms with van der Waals surface area (Å²) in [7, 11) is 0. The number of aromatic nitrogens is 3. The van der Waals surface area contributed by atoms with Crippen molar-refractivity contribution in [2.45, 2.75) is 0 Å². The highest BCUT2D eigenvalue weighted by Crippen LogP contribution is 2.40. The van der Waals surface area contributed by atoms with Gasteiger partial charge < -0.3 is 4.42 Å². The Bertz CT molecular complexity index is 2510. The Hall–Kier alpha value is -5.87. The van der Waals surface area contributed by atoms with Gasteiger partial charge in [0, 0.05) is 27.5 Å². The lowest BCUT2D eigenvalue weighted by molar-refractivity contribution is 0.669. The lowest BCUT2D eigenvalue weighted by atomic mass is 9.93. The molecule has 0 aliphatic heterocycles. The van der Waals surface area contributed by atoms with Crippen LogP contribution in [0.2, 0.25) is 0 Å². The van der Waals surface area contributed by atoms with Gasteiger partial charge in [-0.25, -0.2) is 15.0 Å². The number of benzene rings is 7. The highest BCUT2D eigenvalue weighted by molar-refractivity contribution is 6.19. The third-order valence-electron chi connectivity index (χ3n) is 8.30. The van der Waals surface area contributed by atoms with E-state index in [1.54, 1.807) is 0 Å². The van der Waals surface area contributed by atoms with Crippen molar-refractivity contribution in [3.05, 3.63) is 140 Å². The Balaban J connectivity index is 1.42. The SMILES string of the molecule is c1ccc(-c2nc(-c3c4ccccc4cc4c3ccc3ccccc34)nc(-c3cccc4oc5ccccc5c34)n2)cc1. The molecular formula is C39H23N3O. The molecule has 0 atom stereocenters. The quantitative estimate of drug-likeness (QED) is 0.162. The number of furan rings is 1. The average molecular weight is 550 g/mol. The molecule has 0 bridgehead atoms. The number of hydrogen-bond acceptors (Lipinski definition) is 4. The van der Waals surface area contributed by atoms with E-state index < -0.39 is 0 Å². The predicted octanol–water partition coefficient (Wildman–Crippen LogP) is 10.2. The summed E-state index contributed by atoms with van der Waals surface area (Å²) in [5, 5.41) is 9.00. The van der Waals surface area contributed by atoms with Gasteiger partial charge in [0.2, 0.25) is 0 Å². The second-order valence-corrected chi connectivity index (χ2v) is 10.8. The zero-order valence-corrected chi connectivity index (χ0v) is 23.0. The smallest absolute Gasteiger partial charge is 0.165 e. The van der Waals surface area contributed by atoms with Crippen molar-refractivity contribution in [2.75, 3.05) is 0 Å². The van der Waals surface area contributed by atoms with Gasteiger partial charge in [-0.2, -0.15) is 0 Å². The van der Waals surface area contributed by atoms with Crippen molar-refractivity contribution in [3.8, 4) is 34.2 Å². The average Bonchev–Trinajstić information content (AvgIpc) is 3.46. The van der Waals surface area contributed by atoms with E-state index in [0.717, 1.165) is 54.8 Å². The summed E-state index contributed by atoms with van der Waals surface area (Å²) in [5.41, 5.74) is 4.51. The van der Waals surface area contributed by atoms with Crippen LogP contribution in [0.1, 0.15) is 0 Å². The molecule has 43 heavy (non-hydrogen) atoms. The fraction of sp³-hybridized carbons (Fsp3) is 0. The lowest BCUT2D eigenvalue weighted by Gasteiger charge is -2.14. The number of rotatable bonds is 3. The molecule has 7 aromatic carbocycles. The largest absolute Gasteiger partial charge is 0.456 e. The van der Waals surface area contributed by atoms with Crippen molar-refractivity contribution in [1.29, 1.82) is 0 Å². The predicted molar refractivity (Wildman–Crippen MR) is 176 cm³/mol. The summed E-state index contributed by atoms with van der Waals surface area (Å²) < 4.78 is 6.23. The van der Waals surface area contributed by atoms with Gasteiger partial charge in [-0.3, -0.25) is 0 Å². The van der Waals surface area contributed by atoms with Crippen LogP contribution in [-0.2, 0) is 0 Å². The first-order chi connectivity index (χ1) is 21.3. The van der Waals surface area contributed by atoms with Gasteiger partial charge in [0.1, 0.15) is 11.2 Å². The molecule has 0 N–H and O–H groups in total. The Morgan fingerprint density at radius 1 is 0.395 bits per heavy atom. The maximum atomic E-state index is 6.23. The molecule has 4 heteroatoms. The molecule has 0 spiro atoms. The van der Waals surface area contributed by atoms with E-state index in [1.165, 1.54) is 16.2 Å². The van der Waals surface area contributed by atoms with Gasteiger partial charge in [-0.15, -0.1) is 0 Å². The Kier molecular flexibility index (Phi) is 5.16. The molecule has 4 nitrogen and oxygen atoms in total. The van der Waals surface area contributed by atoms with Crippen molar-refractivity contribution in [1.82, 2.24) is 15.0 Å². The number of nitrogens with zero attached hydrogens (tertiary/aromatic N) is 3. The fourth-order valence-electron chi connectivity index (χ4n) is 6.35. The first-order valence-corrected chi connectivity index (χ1v) is 14.4. The monoisotopic (exact) mass is 549 g/mol. The zero-order valence-electron chi connectivity index (χ0n) is 23.0. The second kappa shape index (κ2) is 9.33. The van der Waals surface area contributed by atoms with Crippen LogP contribution in [0.15, 0.2) is 144 Å². The van der Waals surface area contributed by atoms with E-state index in [-0.39, 0.29) is 0 Å². The van der Waals surface area contributed by atoms with Crippen molar-refractivity contribution in [3.63, 3.8) is 0 Å². The summed E-state index contributed by atoms with van der Waals surface area (Å²) in [6, 6.07) is 48.0. The fourth-order valence-corrected chi connectivity index (χ4v) is 6.35. The maximum absolute atomic E-state index is 6.23. The summed E-state index contributed by atoms with van der Waals surface area (Å²) in [4.78, 5) is 15.5. The van der Waals surface area contributed by atoms with Crippen molar-refractivity contribution < 1.29 is 4.42 Å². The van der Waals surface area contributed by atoms with Crippen molar-refractivity contribution in [2.24, 2.45) is 0 Å². The summed E-state index contributed by atoms with van der Waals surface area (Å²) >= 11 is 0. The van der Waals surface area contributed by atoms with E-state index in [9.17, 15) is 0 Å². The molecule has 0 unspecified atom stereocenters. The van der Waals surface area contributed by atoms with Crippen LogP contribution in [0.25, 0.3) is 88.4 Å². The normalized spacial score (nSPS) is 11.7. The first kappa shape index (κ1) is 23.8. The van der Waals surface area contributed by atoms with Crippen LogP contribution in [0.5, 0.6) is 0 Å². The molecule has 0 saturated heterocycles. The third kappa shape index (κ3) is 3.74. The van der Waals surface area contributed by atoms with E-state index in [1.807, 2.05) is 60.7 Å². The highest BCUT2D eigenvalue weighted by atomic mass is 16.3. The van der Waals surface area contributed by atoms with Gasteiger partial charge in [0.05, 0.1) is 0 Å². The van der Waals surface area contributed by atoms with Crippen LogP contribution in [0, 0.1) is 0 Å². The van der Waals surface area contributed by atoms with Crippen LogP contribution < -0.4 is 0 Å². The lowest BCUT2D eigenvalue weighted by Crippen LogP contribution is -2.01. The molecular weight excluding hydrogens is 526 g/mol. The standard InChI is InChI=1S/C39H23N3O/c1-2-12-25(13-3-1)37-40-38(31-18-10-20-34-35(31)30-17-8-9-19-33(30)43-34)42-39(41-37)36-28-16-7-5-14-26(28)23-32-27-15-6-4-11-24(27)21-22-29(32)36/h1-23H. The van der Waals surface area contributed by atoms with Gasteiger partial charge in [-0.1, -0.05) is 121 Å². The number of hydrogen-bond donors (Lipinski definition) is 0. The Labute approximate surface area is 246 Å².